The third-order valence-corrected chi connectivity index (χ3v) is 1.52. The number of nitrogens with zero attached hydrogens (tertiary/aromatic N) is 1. The summed E-state index contributed by atoms with van der Waals surface area (Å²) >= 11 is 0. The van der Waals surface area contributed by atoms with Gasteiger partial charge in [-0.2, -0.15) is 0 Å². The van der Waals surface area contributed by atoms with Crippen LogP contribution in [0.4, 0.5) is 9.59 Å². The van der Waals surface area contributed by atoms with Gasteiger partial charge in [-0.1, -0.05) is 19.0 Å². The molecule has 0 atom stereocenters. The highest BCUT2D eigenvalue weighted by Gasteiger charge is 2.18. The van der Waals surface area contributed by atoms with Crippen molar-refractivity contribution in [2.75, 3.05) is 20.7 Å². The van der Waals surface area contributed by atoms with Crippen LogP contribution in [0.15, 0.2) is 5.16 Å². The molecule has 0 saturated carbocycles. The fourth-order valence-electron chi connectivity index (χ4n) is 0.624. The first kappa shape index (κ1) is 14.2. The van der Waals surface area contributed by atoms with Crippen molar-refractivity contribution in [3.8, 4) is 0 Å². The van der Waals surface area contributed by atoms with E-state index in [0.717, 1.165) is 0 Å². The Bertz CT molecular complexity index is 276. The predicted octanol–water partition coefficient (Wildman–Crippen LogP) is 0.710. The van der Waals surface area contributed by atoms with E-state index in [9.17, 15) is 9.59 Å². The number of ether oxygens (including phenoxy) is 1. The van der Waals surface area contributed by atoms with Gasteiger partial charge >= 0.3 is 12.2 Å². The molecular formula is C9H17N3O4. The molecule has 0 aromatic rings. The van der Waals surface area contributed by atoms with Crippen LogP contribution in [0, 0.1) is 5.41 Å². The molecule has 0 saturated heterocycles. The molecular weight excluding hydrogens is 214 g/mol. The first-order valence-electron chi connectivity index (χ1n) is 4.69. The monoisotopic (exact) mass is 231 g/mol. The van der Waals surface area contributed by atoms with Crippen molar-refractivity contribution in [1.29, 1.82) is 0 Å². The number of carbonyl (C=O) groups is 2. The summed E-state index contributed by atoms with van der Waals surface area (Å²) in [4.78, 5) is 25.9. The van der Waals surface area contributed by atoms with Gasteiger partial charge in [-0.15, -0.1) is 0 Å². The molecule has 92 valence electrons. The van der Waals surface area contributed by atoms with E-state index >= 15 is 0 Å². The highest BCUT2D eigenvalue weighted by molar-refractivity contribution is 5.70. The summed E-state index contributed by atoms with van der Waals surface area (Å²) in [6.07, 6.45) is 0.221. The Morgan fingerprint density at radius 1 is 1.25 bits per heavy atom. The normalized spacial score (nSPS) is 11.0. The van der Waals surface area contributed by atoms with Crippen LogP contribution in [-0.4, -0.2) is 39.1 Å². The van der Waals surface area contributed by atoms with Gasteiger partial charge in [0.15, 0.2) is 0 Å². The Morgan fingerprint density at radius 2 is 1.81 bits per heavy atom. The molecule has 0 rings (SSSR count). The maximum absolute atomic E-state index is 10.8. The second-order valence-corrected chi connectivity index (χ2v) is 3.68. The molecule has 0 aliphatic carbocycles. The Kier molecular flexibility index (Phi) is 5.91. The quantitative estimate of drug-likeness (QED) is 0.423. The maximum atomic E-state index is 10.8. The highest BCUT2D eigenvalue weighted by atomic mass is 16.7. The zero-order valence-corrected chi connectivity index (χ0v) is 9.86. The third kappa shape index (κ3) is 6.63. The fraction of sp³-hybridized carbons (Fsp3) is 0.667. The minimum absolute atomic E-state index is 0.132. The minimum atomic E-state index is -0.653. The van der Waals surface area contributed by atoms with Crippen molar-refractivity contribution in [3.05, 3.63) is 0 Å². The van der Waals surface area contributed by atoms with E-state index in [1.807, 2.05) is 0 Å². The maximum Gasteiger partial charge on any atom is 0.433 e. The number of hydrogen-bond donors (Lipinski definition) is 2. The van der Waals surface area contributed by atoms with Gasteiger partial charge < -0.3 is 15.4 Å². The number of amides is 2. The average Bonchev–Trinajstić information content (AvgIpc) is 2.25. The largest absolute Gasteiger partial charge is 0.449 e. The smallest absolute Gasteiger partial charge is 0.433 e. The first-order chi connectivity index (χ1) is 7.41. The molecule has 0 heterocycles. The number of nitrogens with one attached hydrogen (secondary N) is 2. The van der Waals surface area contributed by atoms with Crippen LogP contribution in [0.1, 0.15) is 13.8 Å². The van der Waals surface area contributed by atoms with E-state index in [-0.39, 0.29) is 6.61 Å². The second-order valence-electron chi connectivity index (χ2n) is 3.68. The number of rotatable bonds is 4. The van der Waals surface area contributed by atoms with Crippen molar-refractivity contribution in [2.24, 2.45) is 10.6 Å². The van der Waals surface area contributed by atoms with E-state index < -0.39 is 17.6 Å². The van der Waals surface area contributed by atoms with Crippen LogP contribution in [0.3, 0.4) is 0 Å². The van der Waals surface area contributed by atoms with Gasteiger partial charge in [0, 0.05) is 19.5 Å². The molecule has 0 bridgehead atoms. The summed E-state index contributed by atoms with van der Waals surface area (Å²) in [6.45, 7) is 3.70. The zero-order valence-electron chi connectivity index (χ0n) is 9.86. The Balaban J connectivity index is 4.03. The first-order valence-corrected chi connectivity index (χ1v) is 4.69. The van der Waals surface area contributed by atoms with Crippen molar-refractivity contribution in [1.82, 2.24) is 10.6 Å². The second kappa shape index (κ2) is 6.65. The lowest BCUT2D eigenvalue weighted by Crippen LogP contribution is -2.28. The van der Waals surface area contributed by atoms with Crippen molar-refractivity contribution >= 4 is 18.4 Å². The predicted molar refractivity (Wildman–Crippen MR) is 58.2 cm³/mol. The summed E-state index contributed by atoms with van der Waals surface area (Å²) in [6, 6.07) is 0. The molecule has 0 spiro atoms. The summed E-state index contributed by atoms with van der Waals surface area (Å²) in [7, 11) is 2.90. The van der Waals surface area contributed by atoms with Gasteiger partial charge in [0.2, 0.25) is 0 Å². The summed E-state index contributed by atoms with van der Waals surface area (Å²) in [5.74, 6) is 0. The van der Waals surface area contributed by atoms with Gasteiger partial charge in [0.1, 0.15) is 6.61 Å². The molecule has 7 heteroatoms. The fourth-order valence-corrected chi connectivity index (χ4v) is 0.624. The summed E-state index contributed by atoms with van der Waals surface area (Å²) in [5.41, 5.74) is -0.513. The van der Waals surface area contributed by atoms with Crippen LogP contribution >= 0.6 is 0 Å². The van der Waals surface area contributed by atoms with Gasteiger partial charge in [-0.25, -0.2) is 9.59 Å². The molecule has 0 aromatic heterocycles. The number of alkyl carbamates (subject to hydrolysis) is 1. The minimum Gasteiger partial charge on any atom is -0.449 e. The summed E-state index contributed by atoms with van der Waals surface area (Å²) < 4.78 is 4.84. The van der Waals surface area contributed by atoms with E-state index in [4.69, 9.17) is 4.74 Å². The lowest BCUT2D eigenvalue weighted by Gasteiger charge is -2.17. The molecule has 2 amide bonds. The van der Waals surface area contributed by atoms with Crippen LogP contribution in [0.5, 0.6) is 0 Å². The molecule has 0 aliphatic rings. The number of hydrogen-bond acceptors (Lipinski definition) is 5. The van der Waals surface area contributed by atoms with Gasteiger partial charge in [-0.3, -0.25) is 4.84 Å². The van der Waals surface area contributed by atoms with Gasteiger partial charge in [0.25, 0.3) is 0 Å². The van der Waals surface area contributed by atoms with Crippen LogP contribution in [0.2, 0.25) is 0 Å². The SMILES string of the molecule is CNC(=O)OCC(C)(C)C=NOC(=O)NC. The van der Waals surface area contributed by atoms with Crippen LogP contribution in [0.25, 0.3) is 0 Å². The van der Waals surface area contributed by atoms with Crippen LogP contribution in [-0.2, 0) is 9.57 Å². The Morgan fingerprint density at radius 3 is 2.31 bits per heavy atom. The molecule has 0 aliphatic heterocycles. The zero-order chi connectivity index (χ0) is 12.6. The third-order valence-electron chi connectivity index (χ3n) is 1.52. The molecule has 16 heavy (non-hydrogen) atoms. The Labute approximate surface area is 94.2 Å². The lowest BCUT2D eigenvalue weighted by molar-refractivity contribution is 0.121. The molecule has 0 aromatic carbocycles. The van der Waals surface area contributed by atoms with Crippen LogP contribution < -0.4 is 10.6 Å². The average molecular weight is 231 g/mol. The number of carbonyl (C=O) groups excluding carboxylic acids is 2. The van der Waals surface area contributed by atoms with E-state index in [0.29, 0.717) is 0 Å². The highest BCUT2D eigenvalue weighted by Crippen LogP contribution is 2.12. The molecule has 2 N–H and O–H groups in total. The van der Waals surface area contributed by atoms with Crippen molar-refractivity contribution < 1.29 is 19.2 Å². The van der Waals surface area contributed by atoms with E-state index in [1.54, 1.807) is 13.8 Å². The summed E-state index contributed by atoms with van der Waals surface area (Å²) in [5, 5.41) is 8.03. The number of oxime groups is 1. The van der Waals surface area contributed by atoms with E-state index in [2.05, 4.69) is 20.6 Å². The lowest BCUT2D eigenvalue weighted by atomic mass is 9.97. The molecule has 0 radical (unpaired) electrons. The Hall–Kier alpha value is -1.79. The van der Waals surface area contributed by atoms with Gasteiger partial charge in [0.05, 0.1) is 6.21 Å². The molecule has 0 fully saturated rings. The van der Waals surface area contributed by atoms with Crippen molar-refractivity contribution in [3.63, 3.8) is 0 Å². The topological polar surface area (TPSA) is 89.0 Å². The van der Waals surface area contributed by atoms with E-state index in [1.165, 1.54) is 20.3 Å². The van der Waals surface area contributed by atoms with Gasteiger partial charge in [-0.05, 0) is 0 Å². The van der Waals surface area contributed by atoms with Crippen molar-refractivity contribution in [2.45, 2.75) is 13.8 Å². The molecule has 7 nitrogen and oxygen atoms in total. The standard InChI is InChI=1S/C9H17N3O4/c1-9(2,6-15-7(13)10-3)5-12-16-8(14)11-4/h5H,6H2,1-4H3,(H,10,13)(H,11,14). The molecule has 0 unspecified atom stereocenters.